The molecule has 1 unspecified atom stereocenters. The maximum Gasteiger partial charge on any atom is 0.261 e. The number of hydrogen-bond acceptors (Lipinski definition) is 5. The maximum absolute atomic E-state index is 12.6. The van der Waals surface area contributed by atoms with Crippen LogP contribution in [0.4, 0.5) is 14.6 Å². The number of aromatic amines is 1. The molecule has 1 aliphatic carbocycles. The zero-order valence-electron chi connectivity index (χ0n) is 18.2. The first kappa shape index (κ1) is 25.4. The SMILES string of the molecule is CCNCCOCC/C=C\c1cnn(-c2ccn[nH]2)c1N.FC(F)(P)C1CCCCC1. The molecule has 1 saturated carbocycles. The Morgan fingerprint density at radius 2 is 2.13 bits per heavy atom. The second-order valence-electron chi connectivity index (χ2n) is 7.51. The number of halogens is 2. The third-order valence-electron chi connectivity index (χ3n) is 5.10. The topological polar surface area (TPSA) is 93.8 Å². The minimum Gasteiger partial charge on any atom is -0.383 e. The average Bonchev–Trinajstić information content (AvgIpc) is 3.41. The van der Waals surface area contributed by atoms with Crippen molar-refractivity contribution in [3.8, 4) is 5.82 Å². The van der Waals surface area contributed by atoms with Crippen LogP contribution in [0, 0.1) is 5.92 Å². The fraction of sp³-hybridized carbons (Fsp3) is 0.619. The molecule has 2 aromatic heterocycles. The van der Waals surface area contributed by atoms with Crippen molar-refractivity contribution in [3.05, 3.63) is 30.1 Å². The highest BCUT2D eigenvalue weighted by Gasteiger charge is 2.34. The monoisotopic (exact) mass is 456 g/mol. The van der Waals surface area contributed by atoms with E-state index in [1.165, 1.54) is 0 Å². The average molecular weight is 457 g/mol. The van der Waals surface area contributed by atoms with E-state index in [1.807, 2.05) is 18.2 Å². The molecule has 31 heavy (non-hydrogen) atoms. The van der Waals surface area contributed by atoms with E-state index < -0.39 is 5.66 Å². The van der Waals surface area contributed by atoms with Crippen LogP contribution >= 0.6 is 9.24 Å². The molecule has 0 bridgehead atoms. The van der Waals surface area contributed by atoms with Gasteiger partial charge in [-0.1, -0.05) is 47.6 Å². The first-order valence-electron chi connectivity index (χ1n) is 10.9. The van der Waals surface area contributed by atoms with E-state index in [-0.39, 0.29) is 5.92 Å². The normalized spacial score (nSPS) is 15.2. The summed E-state index contributed by atoms with van der Waals surface area (Å²) in [7, 11) is 1.65. The summed E-state index contributed by atoms with van der Waals surface area (Å²) in [4.78, 5) is 0. The molecular weight excluding hydrogens is 421 g/mol. The Kier molecular flexibility index (Phi) is 11.1. The summed E-state index contributed by atoms with van der Waals surface area (Å²) in [5, 5.41) is 14.2. The molecule has 10 heteroatoms. The van der Waals surface area contributed by atoms with Crippen LogP contribution in [0.5, 0.6) is 0 Å². The summed E-state index contributed by atoms with van der Waals surface area (Å²) >= 11 is 0. The van der Waals surface area contributed by atoms with E-state index in [0.717, 1.165) is 56.8 Å². The summed E-state index contributed by atoms with van der Waals surface area (Å²) in [5.41, 5.74) is 4.43. The Bertz CT molecular complexity index is 755. The van der Waals surface area contributed by atoms with Crippen molar-refractivity contribution in [3.63, 3.8) is 0 Å². The zero-order valence-corrected chi connectivity index (χ0v) is 19.4. The minimum absolute atomic E-state index is 0.369. The van der Waals surface area contributed by atoms with E-state index in [9.17, 15) is 8.78 Å². The number of anilines is 1. The third kappa shape index (κ3) is 9.05. The molecule has 0 aliphatic heterocycles. The smallest absolute Gasteiger partial charge is 0.261 e. The van der Waals surface area contributed by atoms with Crippen LogP contribution in [0.3, 0.4) is 0 Å². The van der Waals surface area contributed by atoms with Crippen LogP contribution in [0.15, 0.2) is 24.5 Å². The number of rotatable bonds is 10. The van der Waals surface area contributed by atoms with Gasteiger partial charge in [0.1, 0.15) is 5.82 Å². The molecule has 0 saturated heterocycles. The van der Waals surface area contributed by atoms with E-state index >= 15 is 0 Å². The molecule has 1 aliphatic rings. The van der Waals surface area contributed by atoms with Crippen LogP contribution in [0.2, 0.25) is 0 Å². The number of nitrogens with zero attached hydrogens (tertiary/aromatic N) is 3. The molecule has 0 spiro atoms. The van der Waals surface area contributed by atoms with E-state index in [4.69, 9.17) is 10.5 Å². The molecule has 0 amide bonds. The van der Waals surface area contributed by atoms with Gasteiger partial charge in [0, 0.05) is 24.1 Å². The number of H-pyrrole nitrogens is 1. The van der Waals surface area contributed by atoms with Gasteiger partial charge < -0.3 is 15.8 Å². The fourth-order valence-corrected chi connectivity index (χ4v) is 3.66. The highest BCUT2D eigenvalue weighted by molar-refractivity contribution is 7.18. The van der Waals surface area contributed by atoms with Gasteiger partial charge in [-0.3, -0.25) is 5.10 Å². The van der Waals surface area contributed by atoms with Crippen molar-refractivity contribution in [2.75, 3.05) is 32.0 Å². The zero-order chi connectivity index (χ0) is 22.5. The summed E-state index contributed by atoms with van der Waals surface area (Å²) in [6, 6.07) is 1.81. The van der Waals surface area contributed by atoms with Gasteiger partial charge >= 0.3 is 0 Å². The van der Waals surface area contributed by atoms with Crippen LogP contribution in [0.1, 0.15) is 51.0 Å². The number of nitrogen functional groups attached to an aromatic ring is 1. The van der Waals surface area contributed by atoms with Gasteiger partial charge in [-0.05, 0) is 25.8 Å². The first-order chi connectivity index (χ1) is 14.9. The lowest BCUT2D eigenvalue weighted by molar-refractivity contribution is 0.0183. The minimum atomic E-state index is -2.51. The predicted molar refractivity (Wildman–Crippen MR) is 124 cm³/mol. The van der Waals surface area contributed by atoms with Crippen LogP contribution < -0.4 is 11.1 Å². The van der Waals surface area contributed by atoms with Gasteiger partial charge in [0.15, 0.2) is 5.82 Å². The first-order valence-corrected chi connectivity index (χ1v) is 11.5. The molecule has 0 radical (unpaired) electrons. The van der Waals surface area contributed by atoms with Crippen LogP contribution in [-0.2, 0) is 4.74 Å². The number of hydrogen-bond donors (Lipinski definition) is 3. The van der Waals surface area contributed by atoms with Crippen LogP contribution in [0.25, 0.3) is 11.9 Å². The number of nitrogens with two attached hydrogens (primary N) is 1. The molecule has 4 N–H and O–H groups in total. The molecule has 174 valence electrons. The summed E-state index contributed by atoms with van der Waals surface area (Å²) in [5.74, 6) is 0.966. The lowest BCUT2D eigenvalue weighted by atomic mass is 9.89. The standard InChI is InChI=1S/C14H22N6O.C7H13F2P/c1-2-16-8-10-21-9-4-3-5-12-11-18-20(14(12)15)13-6-7-17-19-13;8-7(9,10)6-4-2-1-3-5-6/h3,5-7,11,16H,2,4,8-10,15H2,1H3,(H,17,19);6H,1-5,10H2/b5-3-;. The van der Waals surface area contributed by atoms with Crippen molar-refractivity contribution >= 4 is 21.1 Å². The fourth-order valence-electron chi connectivity index (χ4n) is 3.33. The van der Waals surface area contributed by atoms with Crippen molar-refractivity contribution < 1.29 is 13.5 Å². The number of aromatic nitrogens is 4. The molecule has 3 rings (SSSR count). The van der Waals surface area contributed by atoms with Gasteiger partial charge in [0.05, 0.1) is 25.6 Å². The van der Waals surface area contributed by atoms with E-state index in [1.54, 1.807) is 26.3 Å². The quantitative estimate of drug-likeness (QED) is 0.367. The Labute approximate surface area is 185 Å². The largest absolute Gasteiger partial charge is 0.383 e. The van der Waals surface area contributed by atoms with Crippen LogP contribution in [-0.4, -0.2) is 51.9 Å². The van der Waals surface area contributed by atoms with Crippen molar-refractivity contribution in [1.29, 1.82) is 0 Å². The van der Waals surface area contributed by atoms with Gasteiger partial charge in [0.25, 0.3) is 5.66 Å². The Balaban J connectivity index is 0.000000285. The summed E-state index contributed by atoms with van der Waals surface area (Å²) in [6.45, 7) is 5.39. The maximum atomic E-state index is 12.6. The molecule has 1 fully saturated rings. The van der Waals surface area contributed by atoms with Gasteiger partial charge in [-0.15, -0.1) is 0 Å². The van der Waals surface area contributed by atoms with Crippen molar-refractivity contribution in [1.82, 2.24) is 25.3 Å². The van der Waals surface area contributed by atoms with Crippen molar-refractivity contribution in [2.24, 2.45) is 5.92 Å². The Hall–Kier alpha value is -1.83. The van der Waals surface area contributed by atoms with Gasteiger partial charge in [-0.2, -0.15) is 14.9 Å². The number of alkyl halides is 2. The molecule has 2 heterocycles. The highest BCUT2D eigenvalue weighted by atomic mass is 31.0. The second-order valence-corrected chi connectivity index (χ2v) is 8.28. The van der Waals surface area contributed by atoms with Gasteiger partial charge in [-0.25, -0.2) is 8.78 Å². The van der Waals surface area contributed by atoms with E-state index in [2.05, 4.69) is 27.5 Å². The molecular formula is C21H35F2N6OP. The lowest BCUT2D eigenvalue weighted by Crippen LogP contribution is -2.23. The Morgan fingerprint density at radius 3 is 2.74 bits per heavy atom. The molecule has 1 atom stereocenters. The number of nitrogens with one attached hydrogen (secondary N) is 2. The predicted octanol–water partition coefficient (Wildman–Crippen LogP) is 4.24. The Morgan fingerprint density at radius 1 is 1.35 bits per heavy atom. The number of ether oxygens (including phenoxy) is 1. The highest BCUT2D eigenvalue weighted by Crippen LogP contribution is 2.40. The third-order valence-corrected chi connectivity index (χ3v) is 5.57. The van der Waals surface area contributed by atoms with E-state index in [0.29, 0.717) is 25.3 Å². The van der Waals surface area contributed by atoms with Crippen molar-refractivity contribution in [2.45, 2.75) is 51.1 Å². The molecule has 2 aromatic rings. The summed E-state index contributed by atoms with van der Waals surface area (Å²) in [6.07, 6.45) is 12.8. The molecule has 0 aromatic carbocycles. The van der Waals surface area contributed by atoms with Gasteiger partial charge in [0.2, 0.25) is 0 Å². The molecule has 7 nitrogen and oxygen atoms in total. The number of likely N-dealkylation sites (N-methyl/N-ethyl adjacent to an activating group) is 1. The second kappa shape index (κ2) is 13.6. The lowest BCUT2D eigenvalue weighted by Gasteiger charge is -2.26. The summed E-state index contributed by atoms with van der Waals surface area (Å²) < 4.78 is 32.3.